The molecule has 0 heterocycles. The van der Waals surface area contributed by atoms with Crippen molar-refractivity contribution in [2.75, 3.05) is 18.5 Å². The van der Waals surface area contributed by atoms with E-state index in [-0.39, 0.29) is 29.9 Å². The third-order valence-corrected chi connectivity index (χ3v) is 2.22. The molecular weight excluding hydrogens is 273 g/mol. The molecule has 1 aromatic rings. The number of hydrogen-bond acceptors (Lipinski definition) is 3. The fourth-order valence-corrected chi connectivity index (χ4v) is 1.35. The minimum absolute atomic E-state index is 0.0114. The molecule has 0 saturated carbocycles. The van der Waals surface area contributed by atoms with Gasteiger partial charge >= 0.3 is 6.18 Å². The highest BCUT2D eigenvalue weighted by Crippen LogP contribution is 2.26. The third-order valence-electron chi connectivity index (χ3n) is 2.22. The number of anilines is 1. The molecular formula is C13H17F3N2O2. The van der Waals surface area contributed by atoms with Crippen LogP contribution >= 0.6 is 0 Å². The van der Waals surface area contributed by atoms with Crippen molar-refractivity contribution in [1.29, 1.82) is 0 Å². The van der Waals surface area contributed by atoms with E-state index >= 15 is 0 Å². The molecule has 1 rings (SSSR count). The molecule has 0 aliphatic carbocycles. The maximum atomic E-state index is 12.1. The lowest BCUT2D eigenvalue weighted by Crippen LogP contribution is -2.32. The van der Waals surface area contributed by atoms with Crippen LogP contribution in [-0.4, -0.2) is 31.3 Å². The highest BCUT2D eigenvalue weighted by Gasteiger charge is 2.28. The maximum absolute atomic E-state index is 12.1. The van der Waals surface area contributed by atoms with Gasteiger partial charge in [-0.2, -0.15) is 13.2 Å². The Morgan fingerprint density at radius 3 is 2.55 bits per heavy atom. The summed E-state index contributed by atoms with van der Waals surface area (Å²) in [6, 6.07) is 6.13. The van der Waals surface area contributed by atoms with Crippen LogP contribution in [-0.2, 0) is 4.79 Å². The Morgan fingerprint density at radius 2 is 1.95 bits per heavy atom. The smallest absolute Gasteiger partial charge is 0.422 e. The topological polar surface area (TPSA) is 50.4 Å². The second-order valence-corrected chi connectivity index (χ2v) is 4.48. The lowest BCUT2D eigenvalue weighted by molar-refractivity contribution is -0.153. The summed E-state index contributed by atoms with van der Waals surface area (Å²) in [5.41, 5.74) is 0.215. The van der Waals surface area contributed by atoms with E-state index in [0.29, 0.717) is 0 Å². The van der Waals surface area contributed by atoms with Gasteiger partial charge in [-0.3, -0.25) is 4.79 Å². The molecule has 0 aromatic heterocycles. The lowest BCUT2D eigenvalue weighted by Gasteiger charge is -2.14. The van der Waals surface area contributed by atoms with Crippen molar-refractivity contribution in [2.24, 2.45) is 0 Å². The normalized spacial score (nSPS) is 11.5. The Balaban J connectivity index is 2.63. The van der Waals surface area contributed by atoms with E-state index in [1.165, 1.54) is 18.2 Å². The number of benzene rings is 1. The van der Waals surface area contributed by atoms with Crippen LogP contribution in [0.3, 0.4) is 0 Å². The van der Waals surface area contributed by atoms with Gasteiger partial charge in [0.05, 0.1) is 12.2 Å². The first-order valence-electron chi connectivity index (χ1n) is 6.10. The first-order chi connectivity index (χ1) is 9.28. The molecule has 2 N–H and O–H groups in total. The molecule has 1 aromatic carbocycles. The highest BCUT2D eigenvalue weighted by atomic mass is 19.4. The number of halogens is 3. The number of hydrogen-bond donors (Lipinski definition) is 2. The fraction of sp³-hybridized carbons (Fsp3) is 0.462. The molecule has 0 aliphatic heterocycles. The van der Waals surface area contributed by atoms with Crippen molar-refractivity contribution >= 4 is 11.6 Å². The van der Waals surface area contributed by atoms with Crippen LogP contribution in [0.1, 0.15) is 13.8 Å². The molecule has 7 heteroatoms. The number of alkyl halides is 3. The van der Waals surface area contributed by atoms with Gasteiger partial charge in [0.25, 0.3) is 0 Å². The molecule has 0 radical (unpaired) electrons. The summed E-state index contributed by atoms with van der Waals surface area (Å²) in [5, 5.41) is 5.42. The largest absolute Gasteiger partial charge is 0.482 e. The average Bonchev–Trinajstić information content (AvgIpc) is 2.34. The van der Waals surface area contributed by atoms with Gasteiger partial charge in [0.1, 0.15) is 5.75 Å². The Hall–Kier alpha value is -1.76. The second-order valence-electron chi connectivity index (χ2n) is 4.48. The van der Waals surface area contributed by atoms with Gasteiger partial charge < -0.3 is 15.4 Å². The molecule has 0 fully saturated rings. The number of rotatable bonds is 6. The van der Waals surface area contributed by atoms with Gasteiger partial charge in [-0.1, -0.05) is 26.0 Å². The lowest BCUT2D eigenvalue weighted by atomic mass is 10.3. The van der Waals surface area contributed by atoms with Crippen molar-refractivity contribution < 1.29 is 22.7 Å². The Kier molecular flexibility index (Phi) is 5.82. The van der Waals surface area contributed by atoms with E-state index in [1.807, 2.05) is 13.8 Å². The van der Waals surface area contributed by atoms with Gasteiger partial charge in [0, 0.05) is 6.04 Å². The zero-order valence-electron chi connectivity index (χ0n) is 11.3. The van der Waals surface area contributed by atoms with Gasteiger partial charge in [0.15, 0.2) is 6.61 Å². The zero-order valence-corrected chi connectivity index (χ0v) is 11.3. The quantitative estimate of drug-likeness (QED) is 0.846. The zero-order chi connectivity index (χ0) is 15.2. The van der Waals surface area contributed by atoms with E-state index in [4.69, 9.17) is 0 Å². The van der Waals surface area contributed by atoms with E-state index in [9.17, 15) is 18.0 Å². The van der Waals surface area contributed by atoms with Crippen LogP contribution < -0.4 is 15.4 Å². The summed E-state index contributed by atoms with van der Waals surface area (Å²) in [6.45, 7) is 2.44. The first kappa shape index (κ1) is 16.3. The van der Waals surface area contributed by atoms with Gasteiger partial charge in [-0.25, -0.2) is 0 Å². The molecule has 0 bridgehead atoms. The monoisotopic (exact) mass is 290 g/mol. The molecule has 0 unspecified atom stereocenters. The van der Waals surface area contributed by atoms with Gasteiger partial charge in [0.2, 0.25) is 5.91 Å². The summed E-state index contributed by atoms with van der Waals surface area (Å²) >= 11 is 0. The van der Waals surface area contributed by atoms with Crippen LogP contribution in [0, 0.1) is 0 Å². The van der Waals surface area contributed by atoms with Crippen LogP contribution in [0.15, 0.2) is 24.3 Å². The van der Waals surface area contributed by atoms with Crippen LogP contribution in [0.25, 0.3) is 0 Å². The average molecular weight is 290 g/mol. The summed E-state index contributed by atoms with van der Waals surface area (Å²) in [4.78, 5) is 11.6. The van der Waals surface area contributed by atoms with E-state index in [1.54, 1.807) is 6.07 Å². The van der Waals surface area contributed by atoms with Crippen molar-refractivity contribution in [3.8, 4) is 5.75 Å². The Morgan fingerprint density at radius 1 is 1.30 bits per heavy atom. The number of carbonyl (C=O) groups excluding carboxylic acids is 1. The van der Waals surface area contributed by atoms with Crippen molar-refractivity contribution in [3.05, 3.63) is 24.3 Å². The standard InChI is InChI=1S/C13H17F3N2O2/c1-9(2)17-7-12(19)18-10-5-3-4-6-11(10)20-8-13(14,15)16/h3-6,9,17H,7-8H2,1-2H3,(H,18,19). The molecule has 1 amide bonds. The minimum atomic E-state index is -4.42. The van der Waals surface area contributed by atoms with Crippen molar-refractivity contribution in [1.82, 2.24) is 5.32 Å². The van der Waals surface area contributed by atoms with Gasteiger partial charge in [-0.15, -0.1) is 0 Å². The van der Waals surface area contributed by atoms with E-state index < -0.39 is 12.8 Å². The SMILES string of the molecule is CC(C)NCC(=O)Nc1ccccc1OCC(F)(F)F. The summed E-state index contributed by atoms with van der Waals surface area (Å²) in [7, 11) is 0. The maximum Gasteiger partial charge on any atom is 0.422 e. The second kappa shape index (κ2) is 7.14. The number of nitrogens with one attached hydrogen (secondary N) is 2. The fourth-order valence-electron chi connectivity index (χ4n) is 1.35. The number of para-hydroxylation sites is 2. The van der Waals surface area contributed by atoms with Crippen LogP contribution in [0.2, 0.25) is 0 Å². The van der Waals surface area contributed by atoms with Crippen LogP contribution in [0.4, 0.5) is 18.9 Å². The molecule has 20 heavy (non-hydrogen) atoms. The summed E-state index contributed by atoms with van der Waals surface area (Å²) in [6.07, 6.45) is -4.42. The number of amides is 1. The third kappa shape index (κ3) is 6.42. The van der Waals surface area contributed by atoms with E-state index in [0.717, 1.165) is 0 Å². The Bertz CT molecular complexity index is 447. The first-order valence-corrected chi connectivity index (χ1v) is 6.10. The number of ether oxygens (including phenoxy) is 1. The number of carbonyl (C=O) groups is 1. The summed E-state index contributed by atoms with van der Waals surface area (Å²) in [5.74, 6) is -0.357. The molecule has 0 aliphatic rings. The molecule has 4 nitrogen and oxygen atoms in total. The molecule has 0 saturated heterocycles. The highest BCUT2D eigenvalue weighted by molar-refractivity contribution is 5.93. The van der Waals surface area contributed by atoms with E-state index in [2.05, 4.69) is 15.4 Å². The minimum Gasteiger partial charge on any atom is -0.482 e. The van der Waals surface area contributed by atoms with Crippen molar-refractivity contribution in [3.63, 3.8) is 0 Å². The van der Waals surface area contributed by atoms with Crippen molar-refractivity contribution in [2.45, 2.75) is 26.1 Å². The molecule has 112 valence electrons. The Labute approximate surface area is 115 Å². The predicted molar refractivity (Wildman–Crippen MR) is 69.8 cm³/mol. The van der Waals surface area contributed by atoms with Crippen LogP contribution in [0.5, 0.6) is 5.75 Å². The predicted octanol–water partition coefficient (Wildman–Crippen LogP) is 2.56. The van der Waals surface area contributed by atoms with Gasteiger partial charge in [-0.05, 0) is 12.1 Å². The summed E-state index contributed by atoms with van der Waals surface area (Å²) < 4.78 is 41.0. The molecule has 0 atom stereocenters. The molecule has 0 spiro atoms.